The van der Waals surface area contributed by atoms with E-state index >= 15 is 0 Å². The zero-order chi connectivity index (χ0) is 22.8. The molecule has 3 aromatic rings. The van der Waals surface area contributed by atoms with Gasteiger partial charge in [0, 0.05) is 23.5 Å². The van der Waals surface area contributed by atoms with E-state index in [4.69, 9.17) is 9.72 Å². The highest BCUT2D eigenvalue weighted by Gasteiger charge is 2.24. The number of hydrogen-bond acceptors (Lipinski definition) is 7. The van der Waals surface area contributed by atoms with Crippen LogP contribution < -0.4 is 10.2 Å². The Morgan fingerprint density at radius 3 is 2.84 bits per heavy atom. The van der Waals surface area contributed by atoms with E-state index in [0.29, 0.717) is 30.2 Å². The number of ether oxygens (including phenoxy) is 1. The number of aromatic nitrogens is 3. The summed E-state index contributed by atoms with van der Waals surface area (Å²) in [4.78, 5) is 6.99. The summed E-state index contributed by atoms with van der Waals surface area (Å²) in [6.45, 7) is 9.95. The maximum absolute atomic E-state index is 14.1. The van der Waals surface area contributed by atoms with E-state index in [2.05, 4.69) is 33.4 Å². The number of nitrogens with zero attached hydrogens (tertiary/aromatic N) is 5. The molecule has 0 amide bonds. The third-order valence-electron chi connectivity index (χ3n) is 6.18. The van der Waals surface area contributed by atoms with Crippen molar-refractivity contribution in [1.29, 1.82) is 5.26 Å². The summed E-state index contributed by atoms with van der Waals surface area (Å²) in [5.41, 5.74) is 2.59. The van der Waals surface area contributed by atoms with Crippen LogP contribution in [0.1, 0.15) is 48.7 Å². The lowest BCUT2D eigenvalue weighted by Gasteiger charge is -2.36. The quantitative estimate of drug-likeness (QED) is 0.635. The van der Waals surface area contributed by atoms with Crippen molar-refractivity contribution in [3.63, 3.8) is 0 Å². The Labute approximate surface area is 187 Å². The number of pyridine rings is 1. The van der Waals surface area contributed by atoms with E-state index in [1.54, 1.807) is 0 Å². The van der Waals surface area contributed by atoms with Gasteiger partial charge in [0.1, 0.15) is 11.6 Å². The Morgan fingerprint density at radius 2 is 2.09 bits per heavy atom. The van der Waals surface area contributed by atoms with Gasteiger partial charge in [-0.25, -0.2) is 9.37 Å². The van der Waals surface area contributed by atoms with Gasteiger partial charge in [0.05, 0.1) is 42.6 Å². The summed E-state index contributed by atoms with van der Waals surface area (Å²) < 4.78 is 19.7. The molecule has 7 nitrogen and oxygen atoms in total. The van der Waals surface area contributed by atoms with Crippen LogP contribution in [0.25, 0.3) is 10.8 Å². The topological polar surface area (TPSA) is 87.0 Å². The molecule has 0 unspecified atom stereocenters. The normalized spacial score (nSPS) is 17.2. The van der Waals surface area contributed by atoms with Gasteiger partial charge in [-0.05, 0) is 56.5 Å². The number of nitriles is 1. The van der Waals surface area contributed by atoms with Gasteiger partial charge < -0.3 is 15.0 Å². The molecular weight excluding hydrogens is 407 g/mol. The molecule has 1 N–H and O–H groups in total. The maximum atomic E-state index is 14.1. The predicted octanol–water partition coefficient (Wildman–Crippen LogP) is 4.44. The number of halogens is 1. The van der Waals surface area contributed by atoms with Gasteiger partial charge in [0.2, 0.25) is 0 Å². The molecule has 0 aliphatic carbocycles. The van der Waals surface area contributed by atoms with Crippen LogP contribution in [0.15, 0.2) is 24.4 Å². The molecule has 2 aromatic heterocycles. The van der Waals surface area contributed by atoms with E-state index in [-0.39, 0.29) is 12.1 Å². The first-order valence-corrected chi connectivity index (χ1v) is 10.9. The van der Waals surface area contributed by atoms with Crippen LogP contribution in [0.5, 0.6) is 0 Å². The van der Waals surface area contributed by atoms with E-state index in [0.717, 1.165) is 40.8 Å². The number of anilines is 2. The van der Waals surface area contributed by atoms with Crippen LogP contribution in [-0.2, 0) is 4.74 Å². The molecule has 0 bridgehead atoms. The number of nitrogens with one attached hydrogen (secondary N) is 1. The van der Waals surface area contributed by atoms with Crippen molar-refractivity contribution in [3.8, 4) is 6.07 Å². The van der Waals surface area contributed by atoms with Gasteiger partial charge in [0.15, 0.2) is 5.82 Å². The fourth-order valence-electron chi connectivity index (χ4n) is 4.27. The largest absolute Gasteiger partial charge is 0.377 e. The van der Waals surface area contributed by atoms with Crippen molar-refractivity contribution in [3.05, 3.63) is 52.6 Å². The van der Waals surface area contributed by atoms with Crippen molar-refractivity contribution in [2.75, 3.05) is 30.0 Å². The summed E-state index contributed by atoms with van der Waals surface area (Å²) in [6, 6.07) is 6.83. The van der Waals surface area contributed by atoms with E-state index in [9.17, 15) is 9.65 Å². The average Bonchev–Trinajstić information content (AvgIpc) is 2.81. The maximum Gasteiger partial charge on any atom is 0.157 e. The zero-order valence-electron chi connectivity index (χ0n) is 18.8. The number of rotatable bonds is 5. The molecule has 1 aliphatic rings. The van der Waals surface area contributed by atoms with Crippen molar-refractivity contribution in [2.24, 2.45) is 0 Å². The Hall–Kier alpha value is -3.31. The molecule has 0 spiro atoms. The average molecular weight is 435 g/mol. The third-order valence-corrected chi connectivity index (χ3v) is 6.18. The molecule has 8 heteroatoms. The van der Waals surface area contributed by atoms with Crippen LogP contribution in [0, 0.1) is 31.0 Å². The van der Waals surface area contributed by atoms with Crippen LogP contribution in [0.4, 0.5) is 16.0 Å². The lowest BCUT2D eigenvalue weighted by Crippen LogP contribution is -2.45. The smallest absolute Gasteiger partial charge is 0.157 e. The van der Waals surface area contributed by atoms with Gasteiger partial charge in [-0.2, -0.15) is 10.4 Å². The lowest BCUT2D eigenvalue weighted by atomic mass is 9.97. The Morgan fingerprint density at radius 1 is 1.28 bits per heavy atom. The summed E-state index contributed by atoms with van der Waals surface area (Å²) in [7, 11) is 0. The minimum Gasteiger partial charge on any atom is -0.377 e. The molecule has 1 fully saturated rings. The van der Waals surface area contributed by atoms with Crippen LogP contribution in [0.3, 0.4) is 0 Å². The summed E-state index contributed by atoms with van der Waals surface area (Å²) in [5, 5.41) is 23.2. The fraction of sp³-hybridized carbons (Fsp3) is 0.417. The molecule has 1 saturated heterocycles. The molecule has 32 heavy (non-hydrogen) atoms. The first-order chi connectivity index (χ1) is 15.4. The van der Waals surface area contributed by atoms with Crippen molar-refractivity contribution >= 4 is 22.4 Å². The van der Waals surface area contributed by atoms with Gasteiger partial charge in [-0.3, -0.25) is 0 Å². The molecule has 0 radical (unpaired) electrons. The second kappa shape index (κ2) is 9.05. The Balaban J connectivity index is 1.74. The summed E-state index contributed by atoms with van der Waals surface area (Å²) >= 11 is 0. The van der Waals surface area contributed by atoms with Gasteiger partial charge in [0.25, 0.3) is 0 Å². The number of fused-ring (bicyclic) bond motifs is 1. The highest BCUT2D eigenvalue weighted by Crippen LogP contribution is 2.31. The van der Waals surface area contributed by atoms with Crippen LogP contribution >= 0.6 is 0 Å². The number of hydrogen-bond donors (Lipinski definition) is 1. The Kier molecular flexibility index (Phi) is 6.19. The molecule has 2 atom stereocenters. The second-order valence-corrected chi connectivity index (χ2v) is 8.20. The molecule has 3 heterocycles. The van der Waals surface area contributed by atoms with Crippen molar-refractivity contribution in [1.82, 2.24) is 15.2 Å². The minimum absolute atomic E-state index is 0.276. The summed E-state index contributed by atoms with van der Waals surface area (Å²) in [5.74, 6) is 1.05. The Bertz CT molecular complexity index is 1190. The monoisotopic (exact) mass is 434 g/mol. The van der Waals surface area contributed by atoms with Gasteiger partial charge in [-0.1, -0.05) is 6.92 Å². The number of benzene rings is 1. The minimum atomic E-state index is -0.431. The van der Waals surface area contributed by atoms with E-state index in [1.807, 2.05) is 33.0 Å². The molecule has 1 aliphatic heterocycles. The van der Waals surface area contributed by atoms with Crippen LogP contribution in [0.2, 0.25) is 0 Å². The lowest BCUT2D eigenvalue weighted by molar-refractivity contribution is 0.0926. The molecule has 0 saturated carbocycles. The first kappa shape index (κ1) is 21.9. The van der Waals surface area contributed by atoms with Crippen LogP contribution in [-0.4, -0.2) is 41.0 Å². The molecule has 166 valence electrons. The predicted molar refractivity (Wildman–Crippen MR) is 122 cm³/mol. The highest BCUT2D eigenvalue weighted by molar-refractivity contribution is 5.94. The van der Waals surface area contributed by atoms with Crippen molar-refractivity contribution in [2.45, 2.75) is 46.2 Å². The number of aryl methyl sites for hydroxylation is 1. The van der Waals surface area contributed by atoms with E-state index in [1.165, 1.54) is 12.1 Å². The van der Waals surface area contributed by atoms with E-state index < -0.39 is 5.82 Å². The SMILES string of the molecule is CC[C@@H]1COCCN1c1cc2c(N[C@H](C)c3cc(F)cc(C#N)c3C)nnc(C)c2cn1. The highest BCUT2D eigenvalue weighted by atomic mass is 19.1. The fourth-order valence-corrected chi connectivity index (χ4v) is 4.27. The molecule has 1 aromatic carbocycles. The second-order valence-electron chi connectivity index (χ2n) is 8.20. The third kappa shape index (κ3) is 4.08. The first-order valence-electron chi connectivity index (χ1n) is 10.9. The summed E-state index contributed by atoms with van der Waals surface area (Å²) in [6.07, 6.45) is 2.81. The molecular formula is C24H27FN6O. The zero-order valence-corrected chi connectivity index (χ0v) is 18.8. The standard InChI is InChI=1S/C24H27FN6O/c1-5-19-13-32-7-6-31(19)23-10-21-22(12-27-23)16(4)29-30-24(21)28-15(3)20-9-18(25)8-17(11-26)14(20)2/h8-10,12,15,19H,5-7,13H2,1-4H3,(H,28,30)/t15-,19-/m1/s1. The molecule has 4 rings (SSSR count). The van der Waals surface area contributed by atoms with Gasteiger partial charge >= 0.3 is 0 Å². The number of morpholine rings is 1. The van der Waals surface area contributed by atoms with Crippen molar-refractivity contribution < 1.29 is 9.13 Å². The van der Waals surface area contributed by atoms with Gasteiger partial charge in [-0.15, -0.1) is 5.10 Å².